The van der Waals surface area contributed by atoms with E-state index in [0.29, 0.717) is 17.5 Å². The Bertz CT molecular complexity index is 2280. The van der Waals surface area contributed by atoms with Crippen LogP contribution in [0.1, 0.15) is 0 Å². The monoisotopic (exact) mass is 629 g/mol. The van der Waals surface area contributed by atoms with Crippen molar-refractivity contribution in [1.29, 1.82) is 0 Å². The zero-order chi connectivity index (χ0) is 29.5. The SMILES string of the molecule is Brc1ccc(-c2ccc3oc4cccc(-c5nc(-c6ccccc6)nc(-c6cccc(-c7ccccc7)c6)n5)c4c3c2)cc1. The molecule has 0 atom stereocenters. The van der Waals surface area contributed by atoms with Crippen molar-refractivity contribution in [3.63, 3.8) is 0 Å². The number of halogens is 1. The summed E-state index contributed by atoms with van der Waals surface area (Å²) < 4.78 is 7.39. The van der Waals surface area contributed by atoms with Crippen molar-refractivity contribution in [3.05, 3.63) is 150 Å². The molecule has 0 amide bonds. The highest BCUT2D eigenvalue weighted by Crippen LogP contribution is 2.38. The molecule has 8 aromatic rings. The largest absolute Gasteiger partial charge is 0.456 e. The first-order chi connectivity index (χ1) is 21.7. The molecule has 2 aromatic heterocycles. The number of aromatic nitrogens is 3. The van der Waals surface area contributed by atoms with Crippen molar-refractivity contribution >= 4 is 37.9 Å². The molecule has 0 aliphatic rings. The van der Waals surface area contributed by atoms with Gasteiger partial charge in [-0.25, -0.2) is 15.0 Å². The predicted octanol–water partition coefficient (Wildman–Crippen LogP) is 10.9. The molecule has 2 heterocycles. The summed E-state index contributed by atoms with van der Waals surface area (Å²) in [7, 11) is 0. The second kappa shape index (κ2) is 11.0. The van der Waals surface area contributed by atoms with Crippen LogP contribution in [0.15, 0.2) is 154 Å². The molecule has 0 spiro atoms. The minimum Gasteiger partial charge on any atom is -0.456 e. The van der Waals surface area contributed by atoms with Crippen LogP contribution in [0, 0.1) is 0 Å². The maximum atomic E-state index is 6.34. The fourth-order valence-electron chi connectivity index (χ4n) is 5.65. The molecule has 0 saturated carbocycles. The summed E-state index contributed by atoms with van der Waals surface area (Å²) in [5.41, 5.74) is 8.86. The zero-order valence-corrected chi connectivity index (χ0v) is 25.1. The van der Waals surface area contributed by atoms with E-state index in [1.807, 2.05) is 54.6 Å². The molecule has 208 valence electrons. The summed E-state index contributed by atoms with van der Waals surface area (Å²) in [6.07, 6.45) is 0. The number of nitrogens with zero attached hydrogens (tertiary/aromatic N) is 3. The average Bonchev–Trinajstić information content (AvgIpc) is 3.47. The van der Waals surface area contributed by atoms with Gasteiger partial charge in [0.1, 0.15) is 11.2 Å². The minimum atomic E-state index is 0.598. The smallest absolute Gasteiger partial charge is 0.164 e. The topological polar surface area (TPSA) is 51.8 Å². The molecule has 0 aliphatic carbocycles. The third-order valence-electron chi connectivity index (χ3n) is 7.81. The molecule has 0 unspecified atom stereocenters. The van der Waals surface area contributed by atoms with Gasteiger partial charge in [0.05, 0.1) is 0 Å². The average molecular weight is 631 g/mol. The van der Waals surface area contributed by atoms with Gasteiger partial charge in [0.2, 0.25) is 0 Å². The minimum absolute atomic E-state index is 0.598. The van der Waals surface area contributed by atoms with E-state index in [1.54, 1.807) is 0 Å². The van der Waals surface area contributed by atoms with Crippen molar-refractivity contribution in [3.8, 4) is 56.4 Å². The van der Waals surface area contributed by atoms with Gasteiger partial charge in [-0.3, -0.25) is 0 Å². The van der Waals surface area contributed by atoms with Crippen LogP contribution in [0.5, 0.6) is 0 Å². The van der Waals surface area contributed by atoms with Gasteiger partial charge in [-0.2, -0.15) is 0 Å². The normalized spacial score (nSPS) is 11.3. The van der Waals surface area contributed by atoms with E-state index in [1.165, 1.54) is 0 Å². The lowest BCUT2D eigenvalue weighted by molar-refractivity contribution is 0.669. The maximum Gasteiger partial charge on any atom is 0.164 e. The summed E-state index contributed by atoms with van der Waals surface area (Å²) in [4.78, 5) is 15.1. The number of fused-ring (bicyclic) bond motifs is 3. The van der Waals surface area contributed by atoms with Gasteiger partial charge < -0.3 is 4.42 Å². The van der Waals surface area contributed by atoms with Crippen molar-refractivity contribution in [2.45, 2.75) is 0 Å². The zero-order valence-electron chi connectivity index (χ0n) is 23.5. The Morgan fingerprint density at radius 2 is 0.977 bits per heavy atom. The molecular formula is C39H24BrN3O. The van der Waals surface area contributed by atoms with Crippen LogP contribution in [0.4, 0.5) is 0 Å². The third-order valence-corrected chi connectivity index (χ3v) is 8.34. The Kier molecular flexibility index (Phi) is 6.58. The van der Waals surface area contributed by atoms with Crippen molar-refractivity contribution in [2.24, 2.45) is 0 Å². The summed E-state index contributed by atoms with van der Waals surface area (Å²) in [5, 5.41) is 2.00. The van der Waals surface area contributed by atoms with Crippen LogP contribution >= 0.6 is 15.9 Å². The van der Waals surface area contributed by atoms with Gasteiger partial charge in [0.15, 0.2) is 17.5 Å². The number of furan rings is 1. The number of hydrogen-bond donors (Lipinski definition) is 0. The molecular weight excluding hydrogens is 606 g/mol. The first-order valence-electron chi connectivity index (χ1n) is 14.4. The highest BCUT2D eigenvalue weighted by molar-refractivity contribution is 9.10. The van der Waals surface area contributed by atoms with Crippen LogP contribution in [0.2, 0.25) is 0 Å². The molecule has 44 heavy (non-hydrogen) atoms. The van der Waals surface area contributed by atoms with E-state index in [9.17, 15) is 0 Å². The first kappa shape index (κ1) is 26.3. The van der Waals surface area contributed by atoms with Crippen molar-refractivity contribution in [1.82, 2.24) is 15.0 Å². The van der Waals surface area contributed by atoms with E-state index in [0.717, 1.165) is 65.4 Å². The molecule has 5 heteroatoms. The Morgan fingerprint density at radius 3 is 1.75 bits per heavy atom. The van der Waals surface area contributed by atoms with Crippen molar-refractivity contribution < 1.29 is 4.42 Å². The van der Waals surface area contributed by atoms with Gasteiger partial charge in [-0.1, -0.05) is 125 Å². The van der Waals surface area contributed by atoms with E-state index < -0.39 is 0 Å². The quantitative estimate of drug-likeness (QED) is 0.190. The third kappa shape index (κ3) is 4.87. The summed E-state index contributed by atoms with van der Waals surface area (Å²) >= 11 is 3.55. The first-order valence-corrected chi connectivity index (χ1v) is 15.2. The summed E-state index contributed by atoms with van der Waals surface area (Å²) in [5.74, 6) is 1.84. The molecule has 0 radical (unpaired) electrons. The molecule has 0 aliphatic heterocycles. The number of hydrogen-bond acceptors (Lipinski definition) is 4. The van der Waals surface area contributed by atoms with Gasteiger partial charge in [0.25, 0.3) is 0 Å². The standard InChI is InChI=1S/C39H24BrN3O/c40-31-20-17-26(18-21-31)29-19-22-34-33(24-29)36-32(15-8-16-35(36)44-34)39-42-37(27-11-5-2-6-12-27)41-38(43-39)30-14-7-13-28(23-30)25-9-3-1-4-10-25/h1-24H. The lowest BCUT2D eigenvalue weighted by Crippen LogP contribution is -2.00. The predicted molar refractivity (Wildman–Crippen MR) is 182 cm³/mol. The molecule has 6 aromatic carbocycles. The molecule has 0 N–H and O–H groups in total. The van der Waals surface area contributed by atoms with E-state index in [2.05, 4.69) is 107 Å². The second-order valence-corrected chi connectivity index (χ2v) is 11.5. The lowest BCUT2D eigenvalue weighted by Gasteiger charge is -2.10. The molecule has 0 bridgehead atoms. The highest BCUT2D eigenvalue weighted by atomic mass is 79.9. The molecule has 8 rings (SSSR count). The van der Waals surface area contributed by atoms with Crippen molar-refractivity contribution in [2.75, 3.05) is 0 Å². The fourth-order valence-corrected chi connectivity index (χ4v) is 5.91. The van der Waals surface area contributed by atoms with Gasteiger partial charge in [-0.05, 0) is 58.7 Å². The Hall–Kier alpha value is -5.39. The highest BCUT2D eigenvalue weighted by Gasteiger charge is 2.18. The van der Waals surface area contributed by atoms with Gasteiger partial charge in [0, 0.05) is 31.9 Å². The van der Waals surface area contributed by atoms with Crippen LogP contribution in [0.3, 0.4) is 0 Å². The molecule has 4 nitrogen and oxygen atoms in total. The Morgan fingerprint density at radius 1 is 0.409 bits per heavy atom. The van der Waals surface area contributed by atoms with Crippen LogP contribution < -0.4 is 0 Å². The summed E-state index contributed by atoms with van der Waals surface area (Å²) in [6, 6.07) is 49.5. The molecule has 0 fully saturated rings. The summed E-state index contributed by atoms with van der Waals surface area (Å²) in [6.45, 7) is 0. The number of rotatable bonds is 5. The maximum absolute atomic E-state index is 6.34. The lowest BCUT2D eigenvalue weighted by atomic mass is 10.0. The van der Waals surface area contributed by atoms with Gasteiger partial charge in [-0.15, -0.1) is 0 Å². The number of benzene rings is 6. The van der Waals surface area contributed by atoms with Crippen LogP contribution in [-0.4, -0.2) is 15.0 Å². The van der Waals surface area contributed by atoms with E-state index >= 15 is 0 Å². The van der Waals surface area contributed by atoms with Crippen LogP contribution in [0.25, 0.3) is 78.4 Å². The van der Waals surface area contributed by atoms with E-state index in [-0.39, 0.29) is 0 Å². The molecule has 0 saturated heterocycles. The van der Waals surface area contributed by atoms with E-state index in [4.69, 9.17) is 19.4 Å². The fraction of sp³-hybridized carbons (Fsp3) is 0. The van der Waals surface area contributed by atoms with Gasteiger partial charge >= 0.3 is 0 Å². The van der Waals surface area contributed by atoms with Crippen LogP contribution in [-0.2, 0) is 0 Å². The second-order valence-electron chi connectivity index (χ2n) is 10.6. The Labute approximate surface area is 262 Å². The Balaban J connectivity index is 1.34.